The molecule has 0 aromatic heterocycles. The minimum absolute atomic E-state index is 0.226. The summed E-state index contributed by atoms with van der Waals surface area (Å²) in [5.41, 5.74) is 4.01. The molecular formula is C13H18N2O. The van der Waals surface area contributed by atoms with Crippen molar-refractivity contribution in [3.05, 3.63) is 29.8 Å². The molecule has 3 N–H and O–H groups in total. The van der Waals surface area contributed by atoms with Gasteiger partial charge in [-0.1, -0.05) is 12.1 Å². The van der Waals surface area contributed by atoms with E-state index in [0.29, 0.717) is 0 Å². The zero-order valence-corrected chi connectivity index (χ0v) is 9.57. The standard InChI is InChI=1S/C13H18N2O/c1-3-4-5-12(15-14)10-11-6-8-13(16-2)9-7-11/h1,6-9,12,15H,4-5,10,14H2,2H3. The molecule has 1 atom stereocenters. The Labute approximate surface area is 97.0 Å². The monoisotopic (exact) mass is 218 g/mol. The number of benzene rings is 1. The lowest BCUT2D eigenvalue weighted by Gasteiger charge is -2.14. The van der Waals surface area contributed by atoms with Gasteiger partial charge in [-0.25, -0.2) is 0 Å². The van der Waals surface area contributed by atoms with Crippen LogP contribution in [0.5, 0.6) is 5.75 Å². The van der Waals surface area contributed by atoms with Crippen molar-refractivity contribution in [1.82, 2.24) is 5.43 Å². The molecular weight excluding hydrogens is 200 g/mol. The van der Waals surface area contributed by atoms with Crippen LogP contribution in [0.2, 0.25) is 0 Å². The molecule has 0 heterocycles. The van der Waals surface area contributed by atoms with Crippen LogP contribution in [0.3, 0.4) is 0 Å². The molecule has 3 nitrogen and oxygen atoms in total. The molecule has 0 aliphatic rings. The van der Waals surface area contributed by atoms with Crippen molar-refractivity contribution < 1.29 is 4.74 Å². The van der Waals surface area contributed by atoms with Crippen LogP contribution in [0.15, 0.2) is 24.3 Å². The van der Waals surface area contributed by atoms with Gasteiger partial charge in [0.25, 0.3) is 0 Å². The van der Waals surface area contributed by atoms with Crippen LogP contribution in [0.4, 0.5) is 0 Å². The van der Waals surface area contributed by atoms with E-state index in [2.05, 4.69) is 11.3 Å². The highest BCUT2D eigenvalue weighted by Gasteiger charge is 2.06. The maximum absolute atomic E-state index is 5.47. The Bertz CT molecular complexity index is 340. The first kappa shape index (κ1) is 12.6. The van der Waals surface area contributed by atoms with Crippen LogP contribution >= 0.6 is 0 Å². The molecule has 0 radical (unpaired) electrons. The fourth-order valence-electron chi connectivity index (χ4n) is 1.55. The molecule has 3 heteroatoms. The average Bonchev–Trinajstić information content (AvgIpc) is 2.35. The summed E-state index contributed by atoms with van der Waals surface area (Å²) in [4.78, 5) is 0. The first-order chi connectivity index (χ1) is 7.80. The van der Waals surface area contributed by atoms with E-state index in [-0.39, 0.29) is 6.04 Å². The van der Waals surface area contributed by atoms with Gasteiger partial charge < -0.3 is 4.74 Å². The third-order valence-electron chi connectivity index (χ3n) is 2.51. The quantitative estimate of drug-likeness (QED) is 0.432. The third-order valence-corrected chi connectivity index (χ3v) is 2.51. The molecule has 0 aliphatic carbocycles. The van der Waals surface area contributed by atoms with Gasteiger partial charge in [-0.2, -0.15) is 0 Å². The van der Waals surface area contributed by atoms with Crippen LogP contribution < -0.4 is 16.0 Å². The zero-order valence-electron chi connectivity index (χ0n) is 9.57. The van der Waals surface area contributed by atoms with Gasteiger partial charge in [0.1, 0.15) is 5.75 Å². The lowest BCUT2D eigenvalue weighted by molar-refractivity contribution is 0.414. The smallest absolute Gasteiger partial charge is 0.118 e. The second-order valence-corrected chi connectivity index (χ2v) is 3.66. The van der Waals surface area contributed by atoms with Crippen molar-refractivity contribution in [2.45, 2.75) is 25.3 Å². The van der Waals surface area contributed by atoms with Gasteiger partial charge in [-0.05, 0) is 30.5 Å². The topological polar surface area (TPSA) is 47.3 Å². The molecule has 16 heavy (non-hydrogen) atoms. The van der Waals surface area contributed by atoms with E-state index in [9.17, 15) is 0 Å². The SMILES string of the molecule is C#CCCC(Cc1ccc(OC)cc1)NN. The molecule has 0 saturated heterocycles. The number of hydrogen-bond acceptors (Lipinski definition) is 3. The highest BCUT2D eigenvalue weighted by Crippen LogP contribution is 2.13. The van der Waals surface area contributed by atoms with Gasteiger partial charge in [-0.15, -0.1) is 12.3 Å². The van der Waals surface area contributed by atoms with E-state index >= 15 is 0 Å². The molecule has 0 saturated carbocycles. The summed E-state index contributed by atoms with van der Waals surface area (Å²) in [5.74, 6) is 8.96. The van der Waals surface area contributed by atoms with Gasteiger partial charge in [0.15, 0.2) is 0 Å². The number of terminal acetylenes is 1. The predicted molar refractivity (Wildman–Crippen MR) is 65.9 cm³/mol. The van der Waals surface area contributed by atoms with E-state index in [1.165, 1.54) is 5.56 Å². The first-order valence-electron chi connectivity index (χ1n) is 5.32. The largest absolute Gasteiger partial charge is 0.497 e. The Hall–Kier alpha value is -1.50. The average molecular weight is 218 g/mol. The maximum Gasteiger partial charge on any atom is 0.118 e. The second-order valence-electron chi connectivity index (χ2n) is 3.66. The number of nitrogens with one attached hydrogen (secondary N) is 1. The summed E-state index contributed by atoms with van der Waals surface area (Å²) in [7, 11) is 1.66. The van der Waals surface area contributed by atoms with E-state index in [4.69, 9.17) is 17.0 Å². The van der Waals surface area contributed by atoms with Crippen molar-refractivity contribution in [3.63, 3.8) is 0 Å². The summed E-state index contributed by atoms with van der Waals surface area (Å²) >= 11 is 0. The Morgan fingerprint density at radius 2 is 2.12 bits per heavy atom. The van der Waals surface area contributed by atoms with Gasteiger partial charge in [0, 0.05) is 12.5 Å². The Morgan fingerprint density at radius 1 is 1.44 bits per heavy atom. The lowest BCUT2D eigenvalue weighted by atomic mass is 10.0. The summed E-state index contributed by atoms with van der Waals surface area (Å²) in [6, 6.07) is 8.20. The maximum atomic E-state index is 5.47. The number of rotatable bonds is 6. The number of ether oxygens (including phenoxy) is 1. The fraction of sp³-hybridized carbons (Fsp3) is 0.385. The van der Waals surface area contributed by atoms with E-state index in [1.807, 2.05) is 24.3 Å². The molecule has 1 aromatic rings. The van der Waals surface area contributed by atoms with Crippen molar-refractivity contribution in [2.24, 2.45) is 5.84 Å². The molecule has 0 amide bonds. The normalized spacial score (nSPS) is 11.8. The van der Waals surface area contributed by atoms with E-state index in [0.717, 1.165) is 25.0 Å². The van der Waals surface area contributed by atoms with Crippen molar-refractivity contribution in [1.29, 1.82) is 0 Å². The van der Waals surface area contributed by atoms with Crippen LogP contribution in [0, 0.1) is 12.3 Å². The highest BCUT2D eigenvalue weighted by molar-refractivity contribution is 5.27. The number of hydrogen-bond donors (Lipinski definition) is 2. The molecule has 0 bridgehead atoms. The van der Waals surface area contributed by atoms with Crippen molar-refractivity contribution in [3.8, 4) is 18.1 Å². The second kappa shape index (κ2) is 6.89. The molecule has 1 unspecified atom stereocenters. The highest BCUT2D eigenvalue weighted by atomic mass is 16.5. The van der Waals surface area contributed by atoms with Crippen LogP contribution in [0.25, 0.3) is 0 Å². The van der Waals surface area contributed by atoms with Crippen molar-refractivity contribution >= 4 is 0 Å². The summed E-state index contributed by atoms with van der Waals surface area (Å²) in [6.07, 6.45) is 7.73. The Morgan fingerprint density at radius 3 is 2.62 bits per heavy atom. The molecule has 0 aliphatic heterocycles. The fourth-order valence-corrected chi connectivity index (χ4v) is 1.55. The zero-order chi connectivity index (χ0) is 11.8. The van der Waals surface area contributed by atoms with Gasteiger partial charge >= 0.3 is 0 Å². The van der Waals surface area contributed by atoms with Crippen LogP contribution in [-0.2, 0) is 6.42 Å². The van der Waals surface area contributed by atoms with Gasteiger partial charge in [0.2, 0.25) is 0 Å². The minimum atomic E-state index is 0.226. The molecule has 0 fully saturated rings. The van der Waals surface area contributed by atoms with Gasteiger partial charge in [-0.3, -0.25) is 11.3 Å². The van der Waals surface area contributed by atoms with Crippen LogP contribution in [-0.4, -0.2) is 13.2 Å². The molecule has 1 aromatic carbocycles. The summed E-state index contributed by atoms with van der Waals surface area (Å²) in [6.45, 7) is 0. The summed E-state index contributed by atoms with van der Waals surface area (Å²) in [5, 5.41) is 0. The van der Waals surface area contributed by atoms with Crippen molar-refractivity contribution in [2.75, 3.05) is 7.11 Å². The Balaban J connectivity index is 2.53. The molecule has 86 valence electrons. The lowest BCUT2D eigenvalue weighted by Crippen LogP contribution is -2.36. The molecule has 0 spiro atoms. The first-order valence-corrected chi connectivity index (χ1v) is 5.32. The number of hydrazine groups is 1. The van der Waals surface area contributed by atoms with E-state index < -0.39 is 0 Å². The van der Waals surface area contributed by atoms with Crippen LogP contribution in [0.1, 0.15) is 18.4 Å². The number of nitrogens with two attached hydrogens (primary N) is 1. The Kier molecular flexibility index (Phi) is 5.41. The van der Waals surface area contributed by atoms with Gasteiger partial charge in [0.05, 0.1) is 7.11 Å². The summed E-state index contributed by atoms with van der Waals surface area (Å²) < 4.78 is 5.10. The van der Waals surface area contributed by atoms with E-state index in [1.54, 1.807) is 7.11 Å². The number of methoxy groups -OCH3 is 1. The minimum Gasteiger partial charge on any atom is -0.497 e. The third kappa shape index (κ3) is 3.93. The molecule has 1 rings (SSSR count). The predicted octanol–water partition coefficient (Wildman–Crippen LogP) is 1.48.